The molecule has 1 aliphatic heterocycles. The molecule has 1 rings (SSSR count). The molecule has 1 saturated heterocycles. The van der Waals surface area contributed by atoms with Crippen LogP contribution in [0.15, 0.2) is 0 Å². The van der Waals surface area contributed by atoms with E-state index in [0.29, 0.717) is 25.9 Å². The lowest BCUT2D eigenvalue weighted by Gasteiger charge is -2.38. The van der Waals surface area contributed by atoms with Gasteiger partial charge in [-0.1, -0.05) is 0 Å². The van der Waals surface area contributed by atoms with Crippen molar-refractivity contribution in [3.8, 4) is 0 Å². The van der Waals surface area contributed by atoms with Crippen LogP contribution in [0.3, 0.4) is 0 Å². The summed E-state index contributed by atoms with van der Waals surface area (Å²) in [4.78, 5) is 13.6. The lowest BCUT2D eigenvalue weighted by Crippen LogP contribution is -2.51. The van der Waals surface area contributed by atoms with Crippen LogP contribution in [0.25, 0.3) is 0 Å². The lowest BCUT2D eigenvalue weighted by molar-refractivity contribution is -0.153. The van der Waals surface area contributed by atoms with Gasteiger partial charge in [0.05, 0.1) is 18.4 Å². The van der Waals surface area contributed by atoms with Gasteiger partial charge >= 0.3 is 6.18 Å². The van der Waals surface area contributed by atoms with Crippen LogP contribution in [-0.2, 0) is 9.53 Å². The van der Waals surface area contributed by atoms with Crippen molar-refractivity contribution >= 4 is 5.91 Å². The largest absolute Gasteiger partial charge is 0.390 e. The van der Waals surface area contributed by atoms with Gasteiger partial charge in [-0.2, -0.15) is 13.2 Å². The Morgan fingerprint density at radius 3 is 2.42 bits per heavy atom. The van der Waals surface area contributed by atoms with E-state index < -0.39 is 18.0 Å². The normalized spacial score (nSPS) is 19.2. The van der Waals surface area contributed by atoms with Crippen molar-refractivity contribution in [2.75, 3.05) is 40.4 Å². The number of amides is 1. The van der Waals surface area contributed by atoms with Gasteiger partial charge in [0.1, 0.15) is 0 Å². The van der Waals surface area contributed by atoms with E-state index in [4.69, 9.17) is 4.74 Å². The number of hydrogen-bond acceptors (Lipinski definition) is 3. The third-order valence-electron chi connectivity index (χ3n) is 3.51. The molecule has 0 radical (unpaired) electrons. The molecule has 0 spiro atoms. The monoisotopic (exact) mass is 282 g/mol. The van der Waals surface area contributed by atoms with Gasteiger partial charge in [-0.3, -0.25) is 4.79 Å². The summed E-state index contributed by atoms with van der Waals surface area (Å²) in [7, 11) is 2.93. The zero-order chi connectivity index (χ0) is 14.5. The smallest absolute Gasteiger partial charge is 0.384 e. The molecule has 0 unspecified atom stereocenters. The minimum Gasteiger partial charge on any atom is -0.384 e. The van der Waals surface area contributed by atoms with Crippen LogP contribution in [-0.4, -0.2) is 57.4 Å². The fourth-order valence-electron chi connectivity index (χ4n) is 2.40. The predicted octanol–water partition coefficient (Wildman–Crippen LogP) is 1.41. The van der Waals surface area contributed by atoms with Crippen LogP contribution >= 0.6 is 0 Å². The fraction of sp³-hybridized carbons (Fsp3) is 0.917. The Kier molecular flexibility index (Phi) is 5.61. The van der Waals surface area contributed by atoms with Gasteiger partial charge in [0.2, 0.25) is 5.91 Å². The average Bonchev–Trinajstić information content (AvgIpc) is 2.35. The van der Waals surface area contributed by atoms with Crippen LogP contribution in [0, 0.1) is 5.41 Å². The van der Waals surface area contributed by atoms with Crippen molar-refractivity contribution in [1.82, 2.24) is 10.2 Å². The van der Waals surface area contributed by atoms with Gasteiger partial charge in [-0.25, -0.2) is 0 Å². The number of nitrogens with one attached hydrogen (secondary N) is 1. The third-order valence-corrected chi connectivity index (χ3v) is 3.51. The second kappa shape index (κ2) is 6.56. The zero-order valence-electron chi connectivity index (χ0n) is 11.3. The Labute approximate surface area is 111 Å². The Morgan fingerprint density at radius 1 is 1.37 bits per heavy atom. The van der Waals surface area contributed by atoms with E-state index in [1.807, 2.05) is 0 Å². The van der Waals surface area contributed by atoms with Crippen molar-refractivity contribution in [3.63, 3.8) is 0 Å². The van der Waals surface area contributed by atoms with Gasteiger partial charge in [0, 0.05) is 20.7 Å². The molecule has 112 valence electrons. The van der Waals surface area contributed by atoms with Gasteiger partial charge in [0.25, 0.3) is 0 Å². The van der Waals surface area contributed by atoms with Crippen molar-refractivity contribution in [1.29, 1.82) is 0 Å². The number of carbonyl (C=O) groups is 1. The minimum atomic E-state index is -4.24. The molecule has 1 fully saturated rings. The molecule has 1 amide bonds. The van der Waals surface area contributed by atoms with Crippen molar-refractivity contribution in [2.24, 2.45) is 5.41 Å². The molecule has 7 heteroatoms. The van der Waals surface area contributed by atoms with Crippen LogP contribution in [0.2, 0.25) is 0 Å². The summed E-state index contributed by atoms with van der Waals surface area (Å²) in [6.45, 7) is 1.31. The van der Waals surface area contributed by atoms with E-state index >= 15 is 0 Å². The first-order valence-electron chi connectivity index (χ1n) is 6.33. The Morgan fingerprint density at radius 2 is 1.95 bits per heavy atom. The summed E-state index contributed by atoms with van der Waals surface area (Å²) in [5.74, 6) is -0.250. The van der Waals surface area contributed by atoms with Crippen LogP contribution in [0.4, 0.5) is 13.2 Å². The van der Waals surface area contributed by atoms with Crippen molar-refractivity contribution in [3.05, 3.63) is 0 Å². The summed E-state index contributed by atoms with van der Waals surface area (Å²) in [5, 5.41) is 3.14. The van der Waals surface area contributed by atoms with Crippen LogP contribution in [0.5, 0.6) is 0 Å². The highest BCUT2D eigenvalue weighted by atomic mass is 19.4. The number of carbonyl (C=O) groups excluding carboxylic acids is 1. The highest BCUT2D eigenvalue weighted by Gasteiger charge is 2.42. The molecule has 0 saturated carbocycles. The third kappa shape index (κ3) is 4.65. The Hall–Kier alpha value is -0.820. The van der Waals surface area contributed by atoms with E-state index in [2.05, 4.69) is 5.32 Å². The van der Waals surface area contributed by atoms with E-state index in [-0.39, 0.29) is 19.1 Å². The number of alkyl halides is 3. The lowest BCUT2D eigenvalue weighted by atomic mass is 9.78. The molecule has 1 heterocycles. The molecule has 0 aromatic rings. The second-order valence-electron chi connectivity index (χ2n) is 5.06. The molecule has 0 aromatic carbocycles. The van der Waals surface area contributed by atoms with Crippen LogP contribution in [0.1, 0.15) is 19.3 Å². The number of nitrogens with zero attached hydrogens (tertiary/aromatic N) is 1. The first-order valence-corrected chi connectivity index (χ1v) is 6.33. The zero-order valence-corrected chi connectivity index (χ0v) is 11.3. The molecule has 1 aliphatic rings. The van der Waals surface area contributed by atoms with E-state index in [0.717, 1.165) is 0 Å². The van der Waals surface area contributed by atoms with Gasteiger partial charge < -0.3 is 15.0 Å². The molecule has 0 aliphatic carbocycles. The van der Waals surface area contributed by atoms with E-state index in [9.17, 15) is 18.0 Å². The maximum atomic E-state index is 12.4. The number of methoxy groups -OCH3 is 1. The highest BCUT2D eigenvalue weighted by molar-refractivity contribution is 5.82. The topological polar surface area (TPSA) is 41.6 Å². The second-order valence-corrected chi connectivity index (χ2v) is 5.06. The maximum absolute atomic E-state index is 12.4. The van der Waals surface area contributed by atoms with E-state index in [1.165, 1.54) is 19.1 Å². The fourth-order valence-corrected chi connectivity index (χ4v) is 2.40. The molecule has 0 aromatic heterocycles. The van der Waals surface area contributed by atoms with Gasteiger partial charge in [-0.05, 0) is 25.9 Å². The first kappa shape index (κ1) is 16.2. The van der Waals surface area contributed by atoms with Gasteiger partial charge in [0.15, 0.2) is 0 Å². The number of piperidine rings is 1. The average molecular weight is 282 g/mol. The standard InChI is InChI=1S/C12H21F3N2O2/c1-17(8-5-12(13,14)15)10(18)11(9-19-2)3-6-16-7-4-11/h16H,3-9H2,1-2H3. The minimum absolute atomic E-state index is 0.250. The van der Waals surface area contributed by atoms with Crippen LogP contribution < -0.4 is 5.32 Å². The van der Waals surface area contributed by atoms with Crippen molar-refractivity contribution in [2.45, 2.75) is 25.4 Å². The Balaban J connectivity index is 2.65. The summed E-state index contributed by atoms with van der Waals surface area (Å²) < 4.78 is 41.7. The maximum Gasteiger partial charge on any atom is 0.390 e. The SMILES string of the molecule is COCC1(C(=O)N(C)CCC(F)(F)F)CCNCC1. The molecule has 0 atom stereocenters. The molecular formula is C12H21F3N2O2. The quantitative estimate of drug-likeness (QED) is 0.829. The number of ether oxygens (including phenoxy) is 1. The van der Waals surface area contributed by atoms with E-state index in [1.54, 1.807) is 0 Å². The molecule has 4 nitrogen and oxygen atoms in total. The first-order chi connectivity index (χ1) is 8.81. The highest BCUT2D eigenvalue weighted by Crippen LogP contribution is 2.31. The molecule has 1 N–H and O–H groups in total. The predicted molar refractivity (Wildman–Crippen MR) is 64.7 cm³/mol. The molecule has 0 bridgehead atoms. The summed E-state index contributed by atoms with van der Waals surface area (Å²) in [6, 6.07) is 0. The summed E-state index contributed by atoms with van der Waals surface area (Å²) in [6.07, 6.45) is -4.03. The summed E-state index contributed by atoms with van der Waals surface area (Å²) in [5.41, 5.74) is -0.680. The summed E-state index contributed by atoms with van der Waals surface area (Å²) >= 11 is 0. The molecule has 19 heavy (non-hydrogen) atoms. The van der Waals surface area contributed by atoms with Crippen molar-refractivity contribution < 1.29 is 22.7 Å². The van der Waals surface area contributed by atoms with Gasteiger partial charge in [-0.15, -0.1) is 0 Å². The Bertz CT molecular complexity index is 296. The number of hydrogen-bond donors (Lipinski definition) is 1. The molecular weight excluding hydrogens is 261 g/mol. The number of halogens is 3. The number of rotatable bonds is 5.